The van der Waals surface area contributed by atoms with E-state index in [0.29, 0.717) is 11.3 Å². The molecule has 0 unspecified atom stereocenters. The highest BCUT2D eigenvalue weighted by atomic mass is 19.1. The van der Waals surface area contributed by atoms with Crippen molar-refractivity contribution in [2.75, 3.05) is 14.1 Å². The molecule has 0 saturated carbocycles. The third kappa shape index (κ3) is 2.10. The van der Waals surface area contributed by atoms with E-state index in [9.17, 15) is 9.18 Å². The van der Waals surface area contributed by atoms with Crippen molar-refractivity contribution < 1.29 is 10.6 Å². The molecule has 18 heavy (non-hydrogen) atoms. The SMILES string of the molecule is CC(C)c1cc2[nH]c(C(=O)N(C)C)cc2cc1F.[HH]. The standard InChI is InChI=1S/C14H17FN2O.H2/c1-8(2)10-7-12-9(5-11(10)15)6-13(16-12)14(18)17(3)4;/h5-8,16H,1-4H3;1H. The van der Waals surface area contributed by atoms with Crippen molar-refractivity contribution in [3.05, 3.63) is 35.3 Å². The molecule has 0 aliphatic rings. The maximum atomic E-state index is 13.8. The number of halogens is 1. The van der Waals surface area contributed by atoms with Gasteiger partial charge in [0.2, 0.25) is 0 Å². The van der Waals surface area contributed by atoms with E-state index in [2.05, 4.69) is 4.98 Å². The molecule has 0 spiro atoms. The first-order chi connectivity index (χ1) is 8.40. The number of benzene rings is 1. The van der Waals surface area contributed by atoms with Crippen LogP contribution in [0.1, 0.15) is 37.2 Å². The summed E-state index contributed by atoms with van der Waals surface area (Å²) in [6.07, 6.45) is 0. The fraction of sp³-hybridized carbons (Fsp3) is 0.357. The van der Waals surface area contributed by atoms with Crippen molar-refractivity contribution in [3.63, 3.8) is 0 Å². The molecule has 98 valence electrons. The third-order valence-electron chi connectivity index (χ3n) is 3.00. The lowest BCUT2D eigenvalue weighted by molar-refractivity contribution is 0.0823. The lowest BCUT2D eigenvalue weighted by Gasteiger charge is -2.07. The Morgan fingerprint density at radius 3 is 2.56 bits per heavy atom. The first-order valence-electron chi connectivity index (χ1n) is 5.94. The van der Waals surface area contributed by atoms with Gasteiger partial charge in [-0.3, -0.25) is 4.79 Å². The Balaban J connectivity index is 0.00000180. The van der Waals surface area contributed by atoms with Gasteiger partial charge >= 0.3 is 0 Å². The van der Waals surface area contributed by atoms with Crippen LogP contribution in [0.5, 0.6) is 0 Å². The van der Waals surface area contributed by atoms with Crippen LogP contribution in [0.25, 0.3) is 10.9 Å². The Hall–Kier alpha value is -1.84. The Bertz CT molecular complexity index is 605. The number of aromatic nitrogens is 1. The molecule has 1 aromatic heterocycles. The van der Waals surface area contributed by atoms with Gasteiger partial charge in [-0.1, -0.05) is 13.8 Å². The smallest absolute Gasteiger partial charge is 0.269 e. The lowest BCUT2D eigenvalue weighted by Crippen LogP contribution is -2.21. The maximum absolute atomic E-state index is 13.8. The highest BCUT2D eigenvalue weighted by Crippen LogP contribution is 2.25. The number of nitrogens with zero attached hydrogens (tertiary/aromatic N) is 1. The normalized spacial score (nSPS) is 11.2. The van der Waals surface area contributed by atoms with Crippen LogP contribution in [-0.2, 0) is 0 Å². The number of hydrogen-bond acceptors (Lipinski definition) is 1. The monoisotopic (exact) mass is 250 g/mol. The number of rotatable bonds is 2. The van der Waals surface area contributed by atoms with E-state index in [0.717, 1.165) is 10.9 Å². The second-order valence-electron chi connectivity index (χ2n) is 5.00. The summed E-state index contributed by atoms with van der Waals surface area (Å²) in [7, 11) is 3.38. The zero-order valence-electron chi connectivity index (χ0n) is 11.0. The molecule has 0 saturated heterocycles. The minimum absolute atomic E-state index is 0. The average Bonchev–Trinajstić information content (AvgIpc) is 2.68. The summed E-state index contributed by atoms with van der Waals surface area (Å²) in [4.78, 5) is 16.4. The van der Waals surface area contributed by atoms with Crippen LogP contribution in [0, 0.1) is 5.82 Å². The van der Waals surface area contributed by atoms with Crippen LogP contribution in [0.4, 0.5) is 4.39 Å². The number of hydrogen-bond donors (Lipinski definition) is 1. The van der Waals surface area contributed by atoms with E-state index in [4.69, 9.17) is 0 Å². The number of aromatic amines is 1. The fourth-order valence-corrected chi connectivity index (χ4v) is 1.97. The van der Waals surface area contributed by atoms with E-state index < -0.39 is 0 Å². The van der Waals surface area contributed by atoms with Crippen molar-refractivity contribution in [1.29, 1.82) is 0 Å². The van der Waals surface area contributed by atoms with Crippen LogP contribution in [0.15, 0.2) is 18.2 Å². The van der Waals surface area contributed by atoms with Gasteiger partial charge < -0.3 is 9.88 Å². The number of carbonyl (C=O) groups is 1. The number of nitrogens with one attached hydrogen (secondary N) is 1. The van der Waals surface area contributed by atoms with Crippen molar-refractivity contribution in [1.82, 2.24) is 9.88 Å². The molecule has 0 aliphatic heterocycles. The van der Waals surface area contributed by atoms with Gasteiger partial charge in [-0.05, 0) is 29.7 Å². The molecule has 0 bridgehead atoms. The van der Waals surface area contributed by atoms with Crippen LogP contribution in [-0.4, -0.2) is 29.9 Å². The average molecular weight is 250 g/mol. The van der Waals surface area contributed by atoms with Gasteiger partial charge in [-0.2, -0.15) is 0 Å². The molecule has 4 heteroatoms. The first-order valence-corrected chi connectivity index (χ1v) is 5.94. The van der Waals surface area contributed by atoms with Crippen molar-refractivity contribution in [2.45, 2.75) is 19.8 Å². The quantitative estimate of drug-likeness (QED) is 0.871. The highest BCUT2D eigenvalue weighted by Gasteiger charge is 2.14. The number of carbonyl (C=O) groups excluding carboxylic acids is 1. The van der Waals surface area contributed by atoms with E-state index in [1.807, 2.05) is 13.8 Å². The van der Waals surface area contributed by atoms with Crippen LogP contribution in [0.3, 0.4) is 0 Å². The zero-order chi connectivity index (χ0) is 13.4. The van der Waals surface area contributed by atoms with Gasteiger partial charge in [-0.25, -0.2) is 4.39 Å². The second-order valence-corrected chi connectivity index (χ2v) is 5.00. The lowest BCUT2D eigenvalue weighted by atomic mass is 10.0. The predicted molar refractivity (Wildman–Crippen MR) is 72.5 cm³/mol. The summed E-state index contributed by atoms with van der Waals surface area (Å²) in [5.41, 5.74) is 1.94. The summed E-state index contributed by atoms with van der Waals surface area (Å²) in [5.74, 6) is -0.219. The molecule has 1 aromatic carbocycles. The Kier molecular flexibility index (Phi) is 3.11. The van der Waals surface area contributed by atoms with Gasteiger partial charge in [0.25, 0.3) is 5.91 Å². The van der Waals surface area contributed by atoms with E-state index in [1.165, 1.54) is 11.0 Å². The van der Waals surface area contributed by atoms with E-state index >= 15 is 0 Å². The largest absolute Gasteiger partial charge is 0.351 e. The molecule has 0 aliphatic carbocycles. The van der Waals surface area contributed by atoms with Crippen LogP contribution in [0.2, 0.25) is 0 Å². The van der Waals surface area contributed by atoms with Crippen LogP contribution < -0.4 is 0 Å². The summed E-state index contributed by atoms with van der Waals surface area (Å²) in [6.45, 7) is 3.89. The molecule has 0 radical (unpaired) electrons. The Morgan fingerprint density at radius 1 is 1.33 bits per heavy atom. The fourth-order valence-electron chi connectivity index (χ4n) is 1.97. The second kappa shape index (κ2) is 4.44. The molecule has 2 aromatic rings. The predicted octanol–water partition coefficient (Wildman–Crippen LogP) is 3.38. The molecule has 2 rings (SSSR count). The third-order valence-corrected chi connectivity index (χ3v) is 3.00. The molecule has 0 fully saturated rings. The molecule has 1 N–H and O–H groups in total. The summed E-state index contributed by atoms with van der Waals surface area (Å²) >= 11 is 0. The van der Waals surface area contributed by atoms with Gasteiger partial charge in [0.15, 0.2) is 0 Å². The minimum atomic E-state index is -0.222. The van der Waals surface area contributed by atoms with Gasteiger partial charge in [0.1, 0.15) is 11.5 Å². The van der Waals surface area contributed by atoms with Crippen molar-refractivity contribution >= 4 is 16.8 Å². The molecule has 1 amide bonds. The minimum Gasteiger partial charge on any atom is -0.351 e. The molecule has 3 nitrogen and oxygen atoms in total. The van der Waals surface area contributed by atoms with Gasteiger partial charge in [-0.15, -0.1) is 0 Å². The Labute approximate surface area is 107 Å². The van der Waals surface area contributed by atoms with Gasteiger partial charge in [0.05, 0.1) is 0 Å². The van der Waals surface area contributed by atoms with E-state index in [-0.39, 0.29) is 19.1 Å². The van der Waals surface area contributed by atoms with Crippen LogP contribution >= 0.6 is 0 Å². The van der Waals surface area contributed by atoms with Gasteiger partial charge in [0, 0.05) is 26.4 Å². The Morgan fingerprint density at radius 2 is 2.00 bits per heavy atom. The molecular formula is C14H19FN2O. The summed E-state index contributed by atoms with van der Waals surface area (Å²) in [6, 6.07) is 4.94. The maximum Gasteiger partial charge on any atom is 0.269 e. The number of amides is 1. The molecule has 0 atom stereocenters. The van der Waals surface area contributed by atoms with E-state index in [1.54, 1.807) is 26.2 Å². The molecule has 1 heterocycles. The summed E-state index contributed by atoms with van der Waals surface area (Å²) in [5, 5.41) is 0.724. The highest BCUT2D eigenvalue weighted by molar-refractivity contribution is 5.97. The topological polar surface area (TPSA) is 36.1 Å². The molecular weight excluding hydrogens is 231 g/mol. The first kappa shape index (κ1) is 12.6. The number of H-pyrrole nitrogens is 1. The van der Waals surface area contributed by atoms with Crippen molar-refractivity contribution in [3.8, 4) is 0 Å². The summed E-state index contributed by atoms with van der Waals surface area (Å²) < 4.78 is 13.8. The van der Waals surface area contributed by atoms with Crippen molar-refractivity contribution in [2.24, 2.45) is 0 Å². The zero-order valence-corrected chi connectivity index (χ0v) is 11.0. The number of fused-ring (bicyclic) bond motifs is 1.